The number of benzene rings is 2. The number of hydrogen-bond donors (Lipinski definition) is 1. The van der Waals surface area contributed by atoms with Crippen LogP contribution >= 0.6 is 11.8 Å². The van der Waals surface area contributed by atoms with E-state index >= 15 is 0 Å². The highest BCUT2D eigenvalue weighted by Gasteiger charge is 2.19. The van der Waals surface area contributed by atoms with E-state index in [1.54, 1.807) is 18.2 Å². The van der Waals surface area contributed by atoms with Crippen molar-refractivity contribution in [2.75, 3.05) is 5.75 Å². The van der Waals surface area contributed by atoms with E-state index in [1.165, 1.54) is 49.1 Å². The topological polar surface area (TPSA) is 59.8 Å². The van der Waals surface area contributed by atoms with Gasteiger partial charge in [-0.15, -0.1) is 10.2 Å². The summed E-state index contributed by atoms with van der Waals surface area (Å²) in [6.07, 6.45) is 7.75. The van der Waals surface area contributed by atoms with Crippen LogP contribution in [0, 0.1) is 5.82 Å². The van der Waals surface area contributed by atoms with E-state index in [4.69, 9.17) is 0 Å². The Morgan fingerprint density at radius 1 is 1.00 bits per heavy atom. The van der Waals surface area contributed by atoms with Gasteiger partial charge in [0.15, 0.2) is 11.0 Å². The van der Waals surface area contributed by atoms with Crippen molar-refractivity contribution in [3.63, 3.8) is 0 Å². The largest absolute Gasteiger partial charge is 0.353 e. The summed E-state index contributed by atoms with van der Waals surface area (Å²) in [5.74, 6) is 0.457. The minimum absolute atomic E-state index is 0.0203. The summed E-state index contributed by atoms with van der Waals surface area (Å²) in [7, 11) is 0. The van der Waals surface area contributed by atoms with E-state index < -0.39 is 0 Å². The third kappa shape index (κ3) is 5.97. The van der Waals surface area contributed by atoms with Gasteiger partial charge in [0, 0.05) is 12.6 Å². The van der Waals surface area contributed by atoms with Crippen molar-refractivity contribution in [3.8, 4) is 11.4 Å². The maximum absolute atomic E-state index is 14.5. The molecule has 1 heterocycles. The van der Waals surface area contributed by atoms with E-state index in [0.717, 1.165) is 19.3 Å². The lowest BCUT2D eigenvalue weighted by molar-refractivity contribution is -0.119. The molecule has 0 aliphatic heterocycles. The molecule has 0 spiro atoms. The third-order valence-corrected chi connectivity index (χ3v) is 6.82. The number of halogens is 1. The summed E-state index contributed by atoms with van der Waals surface area (Å²) in [6.45, 7) is 0.604. The maximum Gasteiger partial charge on any atom is 0.230 e. The fourth-order valence-electron chi connectivity index (χ4n) is 4.15. The number of nitrogens with one attached hydrogen (secondary N) is 1. The van der Waals surface area contributed by atoms with E-state index in [9.17, 15) is 9.18 Å². The molecule has 0 bridgehead atoms. The highest BCUT2D eigenvalue weighted by atomic mass is 32.2. The molecule has 0 radical (unpaired) electrons. The van der Waals surface area contributed by atoms with Crippen LogP contribution in [0.4, 0.5) is 4.39 Å². The molecule has 5 nitrogen and oxygen atoms in total. The second-order valence-electron chi connectivity index (χ2n) is 8.22. The molecule has 1 aliphatic carbocycles. The van der Waals surface area contributed by atoms with Crippen molar-refractivity contribution in [3.05, 3.63) is 66.0 Å². The second-order valence-corrected chi connectivity index (χ2v) is 9.16. The van der Waals surface area contributed by atoms with Gasteiger partial charge in [-0.25, -0.2) is 4.39 Å². The predicted molar refractivity (Wildman–Crippen MR) is 126 cm³/mol. The van der Waals surface area contributed by atoms with Crippen LogP contribution in [0.5, 0.6) is 0 Å². The van der Waals surface area contributed by atoms with Crippen molar-refractivity contribution < 1.29 is 9.18 Å². The molecule has 3 aromatic rings. The zero-order chi connectivity index (χ0) is 22.2. The smallest absolute Gasteiger partial charge is 0.230 e. The van der Waals surface area contributed by atoms with Crippen molar-refractivity contribution >= 4 is 17.7 Å². The highest BCUT2D eigenvalue weighted by molar-refractivity contribution is 7.99. The monoisotopic (exact) mass is 452 g/mol. The van der Waals surface area contributed by atoms with Crippen LogP contribution in [0.2, 0.25) is 0 Å². The molecule has 0 saturated heterocycles. The van der Waals surface area contributed by atoms with Gasteiger partial charge < -0.3 is 9.88 Å². The molecule has 2 aromatic carbocycles. The Morgan fingerprint density at radius 2 is 1.72 bits per heavy atom. The maximum atomic E-state index is 14.5. The SMILES string of the molecule is O=C(CSc1nnc(-c2ccccc2F)n1CCc1ccccc1)NC1CCCCCC1. The first-order chi connectivity index (χ1) is 15.7. The first-order valence-electron chi connectivity index (χ1n) is 11.3. The number of nitrogens with zero attached hydrogens (tertiary/aromatic N) is 3. The Bertz CT molecular complexity index is 1020. The lowest BCUT2D eigenvalue weighted by atomic mass is 10.1. The molecular weight excluding hydrogens is 423 g/mol. The number of thioether (sulfide) groups is 1. The van der Waals surface area contributed by atoms with Crippen LogP contribution in [0.3, 0.4) is 0 Å². The molecule has 0 atom stereocenters. The van der Waals surface area contributed by atoms with Crippen LogP contribution in [0.25, 0.3) is 11.4 Å². The summed E-state index contributed by atoms with van der Waals surface area (Å²) in [5, 5.41) is 12.4. The quantitative estimate of drug-likeness (QED) is 0.374. The molecular formula is C25H29FN4OS. The number of carbonyl (C=O) groups is 1. The summed E-state index contributed by atoms with van der Waals surface area (Å²) >= 11 is 1.36. The van der Waals surface area contributed by atoms with Crippen LogP contribution < -0.4 is 5.32 Å². The van der Waals surface area contributed by atoms with Gasteiger partial charge in [-0.05, 0) is 37.0 Å². The minimum atomic E-state index is -0.330. The van der Waals surface area contributed by atoms with E-state index in [2.05, 4.69) is 27.6 Å². The van der Waals surface area contributed by atoms with Crippen molar-refractivity contribution in [1.29, 1.82) is 0 Å². The summed E-state index contributed by atoms with van der Waals surface area (Å²) in [5.41, 5.74) is 1.60. The Hall–Kier alpha value is -2.67. The standard InChI is InChI=1S/C25H29FN4OS/c26-22-15-9-8-14-21(22)24-28-29-25(30(24)17-16-19-10-4-3-5-11-19)32-18-23(31)27-20-12-6-1-2-7-13-20/h3-5,8-11,14-15,20H,1-2,6-7,12-13,16-18H2,(H,27,31). The minimum Gasteiger partial charge on any atom is -0.353 e. The van der Waals surface area contributed by atoms with Gasteiger partial charge in [-0.2, -0.15) is 0 Å². The van der Waals surface area contributed by atoms with Gasteiger partial charge in [-0.3, -0.25) is 4.79 Å². The Morgan fingerprint density at radius 3 is 2.47 bits per heavy atom. The third-order valence-electron chi connectivity index (χ3n) is 5.85. The highest BCUT2D eigenvalue weighted by Crippen LogP contribution is 2.26. The summed E-state index contributed by atoms with van der Waals surface area (Å²) in [6, 6.07) is 17.0. The average molecular weight is 453 g/mol. The van der Waals surface area contributed by atoms with Gasteiger partial charge >= 0.3 is 0 Å². The molecule has 7 heteroatoms. The Kier molecular flexibility index (Phi) is 7.93. The van der Waals surface area contributed by atoms with Crippen molar-refractivity contribution in [2.24, 2.45) is 0 Å². The average Bonchev–Trinajstić information content (AvgIpc) is 3.03. The lowest BCUT2D eigenvalue weighted by Crippen LogP contribution is -2.35. The molecule has 1 aromatic heterocycles. The fourth-order valence-corrected chi connectivity index (χ4v) is 4.92. The molecule has 1 N–H and O–H groups in total. The molecule has 168 valence electrons. The van der Waals surface area contributed by atoms with Gasteiger partial charge in [0.1, 0.15) is 5.82 Å². The van der Waals surface area contributed by atoms with Crippen LogP contribution in [0.1, 0.15) is 44.1 Å². The number of rotatable bonds is 8. The van der Waals surface area contributed by atoms with Gasteiger partial charge in [0.25, 0.3) is 0 Å². The van der Waals surface area contributed by atoms with Crippen LogP contribution in [-0.4, -0.2) is 32.5 Å². The van der Waals surface area contributed by atoms with Gasteiger partial charge in [0.2, 0.25) is 5.91 Å². The molecule has 1 amide bonds. The number of aryl methyl sites for hydroxylation is 1. The summed E-state index contributed by atoms with van der Waals surface area (Å²) in [4.78, 5) is 12.6. The number of amides is 1. The molecule has 1 saturated carbocycles. The van der Waals surface area contributed by atoms with Crippen molar-refractivity contribution in [1.82, 2.24) is 20.1 Å². The Balaban J connectivity index is 1.48. The van der Waals surface area contributed by atoms with Crippen molar-refractivity contribution in [2.45, 2.75) is 62.7 Å². The van der Waals surface area contributed by atoms with Gasteiger partial charge in [0.05, 0.1) is 11.3 Å². The molecule has 1 fully saturated rings. The van der Waals surface area contributed by atoms with Gasteiger partial charge in [-0.1, -0.05) is 79.9 Å². The first-order valence-corrected chi connectivity index (χ1v) is 12.3. The molecule has 1 aliphatic rings. The predicted octanol–water partition coefficient (Wildman–Crippen LogP) is 5.26. The summed E-state index contributed by atoms with van der Waals surface area (Å²) < 4.78 is 16.4. The Labute approximate surface area is 192 Å². The number of hydrogen-bond acceptors (Lipinski definition) is 4. The van der Waals surface area contributed by atoms with E-state index in [1.807, 2.05) is 22.8 Å². The molecule has 32 heavy (non-hydrogen) atoms. The first kappa shape index (κ1) is 22.5. The van der Waals surface area contributed by atoms with E-state index in [-0.39, 0.29) is 23.5 Å². The zero-order valence-corrected chi connectivity index (χ0v) is 19.0. The normalized spacial score (nSPS) is 14.8. The molecule has 0 unspecified atom stereocenters. The lowest BCUT2D eigenvalue weighted by Gasteiger charge is -2.16. The number of carbonyl (C=O) groups excluding carboxylic acids is 1. The number of aromatic nitrogens is 3. The van der Waals surface area contributed by atoms with Crippen LogP contribution in [-0.2, 0) is 17.8 Å². The molecule has 4 rings (SSSR count). The fraction of sp³-hybridized carbons (Fsp3) is 0.400. The van der Waals surface area contributed by atoms with E-state index in [0.29, 0.717) is 23.1 Å². The zero-order valence-electron chi connectivity index (χ0n) is 18.2. The second kappa shape index (κ2) is 11.3. The van der Waals surface area contributed by atoms with Crippen LogP contribution in [0.15, 0.2) is 59.8 Å².